The molecule has 0 spiro atoms. The second kappa shape index (κ2) is 1.62. The maximum Gasteiger partial charge on any atom is 0.404 e. The van der Waals surface area contributed by atoms with Gasteiger partial charge in [-0.25, -0.2) is 0 Å². The summed E-state index contributed by atoms with van der Waals surface area (Å²) in [6.07, 6.45) is 0. The van der Waals surface area contributed by atoms with Gasteiger partial charge in [-0.1, -0.05) is 6.92 Å². The Balaban J connectivity index is 1.88. The standard InChI is InChI=1S/C3H8BNO/c1-2-5-4-3-6-4/h5H,2-3H2,1H3. The average molecular weight is 84.9 g/mol. The molecule has 3 heteroatoms. The molecule has 1 rings (SSSR count). The molecule has 0 saturated carbocycles. The molecular formula is C3H8BNO. The molecule has 0 bridgehead atoms. The second-order valence-electron chi connectivity index (χ2n) is 1.38. The van der Waals surface area contributed by atoms with Gasteiger partial charge in [-0.15, -0.1) is 0 Å². The van der Waals surface area contributed by atoms with Crippen molar-refractivity contribution in [2.45, 2.75) is 6.92 Å². The minimum absolute atomic E-state index is 0.398. The first-order valence-corrected chi connectivity index (χ1v) is 2.28. The van der Waals surface area contributed by atoms with Crippen molar-refractivity contribution < 1.29 is 4.65 Å². The lowest BCUT2D eigenvalue weighted by molar-refractivity contribution is 0.552. The van der Waals surface area contributed by atoms with E-state index >= 15 is 0 Å². The summed E-state index contributed by atoms with van der Waals surface area (Å²) in [5.41, 5.74) is 0. The van der Waals surface area contributed by atoms with Crippen molar-refractivity contribution in [1.29, 1.82) is 0 Å². The van der Waals surface area contributed by atoms with E-state index in [1.165, 1.54) is 0 Å². The Bertz CT molecular complexity index is 46.1. The fourth-order valence-electron chi connectivity index (χ4n) is 0.394. The van der Waals surface area contributed by atoms with Crippen molar-refractivity contribution in [3.63, 3.8) is 0 Å². The highest BCUT2D eigenvalue weighted by Gasteiger charge is 2.28. The molecule has 0 radical (unpaired) electrons. The van der Waals surface area contributed by atoms with E-state index in [4.69, 9.17) is 4.65 Å². The van der Waals surface area contributed by atoms with E-state index in [9.17, 15) is 0 Å². The Hall–Kier alpha value is -0.0151. The topological polar surface area (TPSA) is 24.6 Å². The minimum atomic E-state index is 0.398. The smallest absolute Gasteiger partial charge is 0.404 e. The molecule has 6 heavy (non-hydrogen) atoms. The minimum Gasteiger partial charge on any atom is -0.423 e. The van der Waals surface area contributed by atoms with E-state index in [2.05, 4.69) is 12.2 Å². The first-order chi connectivity index (χ1) is 2.93. The highest BCUT2D eigenvalue weighted by Crippen LogP contribution is 1.95. The van der Waals surface area contributed by atoms with Gasteiger partial charge < -0.3 is 9.88 Å². The molecule has 0 aromatic carbocycles. The fourth-order valence-corrected chi connectivity index (χ4v) is 0.394. The van der Waals surface area contributed by atoms with Crippen LogP contribution in [0.1, 0.15) is 6.92 Å². The van der Waals surface area contributed by atoms with Gasteiger partial charge in [-0.05, 0) is 6.54 Å². The third-order valence-electron chi connectivity index (χ3n) is 0.765. The maximum atomic E-state index is 4.84. The quantitative estimate of drug-likeness (QED) is 0.366. The average Bonchev–Trinajstić information content (AvgIpc) is 2.21. The third kappa shape index (κ3) is 0.991. The molecule has 2 nitrogen and oxygen atoms in total. The Kier molecular flexibility index (Phi) is 1.12. The first kappa shape index (κ1) is 4.15. The molecule has 1 aliphatic heterocycles. The fraction of sp³-hybridized carbons (Fsp3) is 1.00. The summed E-state index contributed by atoms with van der Waals surface area (Å²) in [4.78, 5) is 0. The van der Waals surface area contributed by atoms with Gasteiger partial charge in [0.1, 0.15) is 0 Å². The first-order valence-electron chi connectivity index (χ1n) is 2.28. The van der Waals surface area contributed by atoms with E-state index in [1.54, 1.807) is 0 Å². The van der Waals surface area contributed by atoms with E-state index in [0.29, 0.717) is 7.05 Å². The number of rotatable bonds is 2. The van der Waals surface area contributed by atoms with Crippen molar-refractivity contribution in [2.24, 2.45) is 0 Å². The summed E-state index contributed by atoms with van der Waals surface area (Å²) in [7, 11) is 0.398. The molecule has 1 heterocycles. The van der Waals surface area contributed by atoms with Crippen LogP contribution >= 0.6 is 0 Å². The van der Waals surface area contributed by atoms with Crippen LogP contribution in [-0.2, 0) is 4.65 Å². The van der Waals surface area contributed by atoms with Gasteiger partial charge in [-0.3, -0.25) is 0 Å². The Morgan fingerprint density at radius 2 is 2.67 bits per heavy atom. The molecule has 1 aliphatic rings. The Morgan fingerprint density at radius 1 is 2.00 bits per heavy atom. The molecular weight excluding hydrogens is 76.9 g/mol. The van der Waals surface area contributed by atoms with E-state index in [-0.39, 0.29) is 0 Å². The summed E-state index contributed by atoms with van der Waals surface area (Å²) in [6, 6.07) is 0. The second-order valence-corrected chi connectivity index (χ2v) is 1.38. The Labute approximate surface area is 38.0 Å². The van der Waals surface area contributed by atoms with Gasteiger partial charge in [-0.2, -0.15) is 0 Å². The van der Waals surface area contributed by atoms with Crippen molar-refractivity contribution >= 4 is 7.05 Å². The highest BCUT2D eigenvalue weighted by atomic mass is 16.5. The molecule has 1 N–H and O–H groups in total. The van der Waals surface area contributed by atoms with Crippen molar-refractivity contribution in [2.75, 3.05) is 13.1 Å². The maximum absolute atomic E-state index is 4.84. The van der Waals surface area contributed by atoms with Gasteiger partial charge in [0.25, 0.3) is 0 Å². The lowest BCUT2D eigenvalue weighted by atomic mass is 9.98. The number of nitrogens with one attached hydrogen (secondary N) is 1. The van der Waals surface area contributed by atoms with Crippen LogP contribution in [0.3, 0.4) is 0 Å². The van der Waals surface area contributed by atoms with Crippen LogP contribution in [0.2, 0.25) is 0 Å². The predicted molar refractivity (Wildman–Crippen MR) is 25.4 cm³/mol. The van der Waals surface area contributed by atoms with Crippen molar-refractivity contribution in [3.05, 3.63) is 0 Å². The summed E-state index contributed by atoms with van der Waals surface area (Å²) in [6.45, 7) is 4.00. The van der Waals surface area contributed by atoms with Gasteiger partial charge >= 0.3 is 7.05 Å². The molecule has 0 aromatic rings. The van der Waals surface area contributed by atoms with Gasteiger partial charge in [0, 0.05) is 0 Å². The van der Waals surface area contributed by atoms with Crippen LogP contribution in [0.15, 0.2) is 0 Å². The molecule has 34 valence electrons. The zero-order valence-electron chi connectivity index (χ0n) is 3.90. The lowest BCUT2D eigenvalue weighted by Gasteiger charge is -1.82. The normalized spacial score (nSPS) is 18.5. The monoisotopic (exact) mass is 85.1 g/mol. The summed E-state index contributed by atoms with van der Waals surface area (Å²) in [5, 5.41) is 3.10. The van der Waals surface area contributed by atoms with Crippen molar-refractivity contribution in [3.8, 4) is 0 Å². The van der Waals surface area contributed by atoms with E-state index in [1.807, 2.05) is 0 Å². The predicted octanol–water partition coefficient (Wildman–Crippen LogP) is -0.347. The molecule has 0 aliphatic carbocycles. The van der Waals surface area contributed by atoms with Gasteiger partial charge in [0.15, 0.2) is 0 Å². The summed E-state index contributed by atoms with van der Waals surface area (Å²) < 4.78 is 4.84. The number of hydrogen-bond donors (Lipinski definition) is 1. The largest absolute Gasteiger partial charge is 0.423 e. The SMILES string of the molecule is CCNB1CO1. The van der Waals surface area contributed by atoms with Crippen LogP contribution < -0.4 is 5.23 Å². The molecule has 0 amide bonds. The molecule has 0 atom stereocenters. The molecule has 0 unspecified atom stereocenters. The summed E-state index contributed by atoms with van der Waals surface area (Å²) in [5.74, 6) is 0. The summed E-state index contributed by atoms with van der Waals surface area (Å²) >= 11 is 0. The van der Waals surface area contributed by atoms with E-state index in [0.717, 1.165) is 13.1 Å². The van der Waals surface area contributed by atoms with Crippen LogP contribution in [0.5, 0.6) is 0 Å². The van der Waals surface area contributed by atoms with Crippen molar-refractivity contribution in [1.82, 2.24) is 5.23 Å². The van der Waals surface area contributed by atoms with Crippen LogP contribution in [0.25, 0.3) is 0 Å². The van der Waals surface area contributed by atoms with E-state index < -0.39 is 0 Å². The van der Waals surface area contributed by atoms with Crippen LogP contribution in [0.4, 0.5) is 0 Å². The molecule has 0 aromatic heterocycles. The number of hydrogen-bond acceptors (Lipinski definition) is 2. The highest BCUT2D eigenvalue weighted by molar-refractivity contribution is 6.57. The molecule has 1 saturated heterocycles. The van der Waals surface area contributed by atoms with Gasteiger partial charge in [0.05, 0.1) is 6.51 Å². The zero-order chi connectivity index (χ0) is 4.41. The zero-order valence-corrected chi connectivity index (χ0v) is 3.90. The molecule has 1 fully saturated rings. The lowest BCUT2D eigenvalue weighted by Crippen LogP contribution is -2.20. The van der Waals surface area contributed by atoms with Crippen LogP contribution in [0, 0.1) is 0 Å². The van der Waals surface area contributed by atoms with Gasteiger partial charge in [0.2, 0.25) is 0 Å². The third-order valence-corrected chi connectivity index (χ3v) is 0.765. The Morgan fingerprint density at radius 3 is 2.83 bits per heavy atom. The van der Waals surface area contributed by atoms with Crippen LogP contribution in [-0.4, -0.2) is 20.1 Å².